The van der Waals surface area contributed by atoms with Crippen LogP contribution in [0.15, 0.2) is 36.4 Å². The van der Waals surface area contributed by atoms with Gasteiger partial charge in [0, 0.05) is 10.6 Å². The summed E-state index contributed by atoms with van der Waals surface area (Å²) in [4.78, 5) is 12.3. The van der Waals surface area contributed by atoms with Crippen molar-refractivity contribution < 1.29 is 9.90 Å². The number of aromatic hydroxyl groups is 1. The molecule has 0 aliphatic rings. The summed E-state index contributed by atoms with van der Waals surface area (Å²) < 4.78 is 0. The van der Waals surface area contributed by atoms with Gasteiger partial charge >= 0.3 is 0 Å². The second-order valence-electron chi connectivity index (χ2n) is 3.97. The maximum atomic E-state index is 12.3. The normalized spacial score (nSPS) is 10.4. The van der Waals surface area contributed by atoms with Gasteiger partial charge in [0.2, 0.25) is 0 Å². The van der Waals surface area contributed by atoms with Crippen molar-refractivity contribution in [3.63, 3.8) is 0 Å². The van der Waals surface area contributed by atoms with E-state index >= 15 is 0 Å². The lowest BCUT2D eigenvalue weighted by molar-refractivity contribution is 0.103. The average molecular weight is 281 g/mol. The van der Waals surface area contributed by atoms with Crippen molar-refractivity contribution in [2.45, 2.75) is 6.92 Å². The predicted molar refractivity (Wildman–Crippen MR) is 72.7 cm³/mol. The molecule has 0 unspecified atom stereocenters. The summed E-state index contributed by atoms with van der Waals surface area (Å²) in [6.45, 7) is 1.85. The number of rotatable bonds is 2. The van der Waals surface area contributed by atoms with E-state index in [4.69, 9.17) is 23.2 Å². The Kier molecular flexibility index (Phi) is 3.60. The molecule has 0 saturated heterocycles. The minimum absolute atomic E-state index is 0.0587. The summed E-state index contributed by atoms with van der Waals surface area (Å²) in [5.74, 6) is -0.380. The van der Waals surface area contributed by atoms with Gasteiger partial charge in [0.05, 0.1) is 10.6 Å². The Bertz CT molecular complexity index is 621. The molecule has 0 spiro atoms. The van der Waals surface area contributed by atoms with Crippen molar-refractivity contribution in [1.82, 2.24) is 0 Å². The molecule has 92 valence electrons. The van der Waals surface area contributed by atoms with Crippen molar-refractivity contribution in [2.24, 2.45) is 0 Å². The number of halogens is 2. The quantitative estimate of drug-likeness (QED) is 0.836. The van der Waals surface area contributed by atoms with Gasteiger partial charge in [0.1, 0.15) is 5.75 Å². The van der Waals surface area contributed by atoms with Gasteiger partial charge in [-0.25, -0.2) is 0 Å². The molecule has 0 fully saturated rings. The van der Waals surface area contributed by atoms with Crippen molar-refractivity contribution in [2.75, 3.05) is 0 Å². The molecule has 0 aliphatic carbocycles. The van der Waals surface area contributed by atoms with Crippen LogP contribution < -0.4 is 0 Å². The molecule has 2 nitrogen and oxygen atoms in total. The summed E-state index contributed by atoms with van der Waals surface area (Å²) in [7, 11) is 0. The molecule has 0 aromatic heterocycles. The summed E-state index contributed by atoms with van der Waals surface area (Å²) in [5.41, 5.74) is 1.45. The van der Waals surface area contributed by atoms with Crippen LogP contribution in [0.5, 0.6) is 5.75 Å². The van der Waals surface area contributed by atoms with E-state index in [0.717, 1.165) is 5.56 Å². The fourth-order valence-electron chi connectivity index (χ4n) is 1.65. The zero-order valence-corrected chi connectivity index (χ0v) is 11.1. The molecule has 1 N–H and O–H groups in total. The topological polar surface area (TPSA) is 37.3 Å². The predicted octanol–water partition coefficient (Wildman–Crippen LogP) is 4.24. The molecule has 0 saturated carbocycles. The number of hydrogen-bond donors (Lipinski definition) is 1. The number of phenolic OH excluding ortho intramolecular Hbond substituents is 1. The van der Waals surface area contributed by atoms with Gasteiger partial charge in [-0.1, -0.05) is 34.8 Å². The van der Waals surface area contributed by atoms with E-state index in [0.29, 0.717) is 10.6 Å². The second kappa shape index (κ2) is 5.01. The standard InChI is InChI=1S/C14H10Cl2O2/c1-8-2-5-13(17)11(6-8)14(18)10-4-3-9(15)7-12(10)16/h2-7,17H,1H3. The Morgan fingerprint density at radius 2 is 1.78 bits per heavy atom. The third-order valence-electron chi connectivity index (χ3n) is 2.57. The Balaban J connectivity index is 2.51. The Morgan fingerprint density at radius 3 is 2.44 bits per heavy atom. The fourth-order valence-corrected chi connectivity index (χ4v) is 2.14. The van der Waals surface area contributed by atoms with E-state index in [1.54, 1.807) is 24.3 Å². The molecule has 0 heterocycles. The maximum absolute atomic E-state index is 12.3. The van der Waals surface area contributed by atoms with Gasteiger partial charge < -0.3 is 5.11 Å². The van der Waals surface area contributed by atoms with E-state index in [9.17, 15) is 9.90 Å². The average Bonchev–Trinajstić information content (AvgIpc) is 2.31. The molecular formula is C14H10Cl2O2. The summed E-state index contributed by atoms with van der Waals surface area (Å²) in [5, 5.41) is 10.5. The number of carbonyl (C=O) groups is 1. The molecule has 4 heteroatoms. The summed E-state index contributed by atoms with van der Waals surface area (Å²) >= 11 is 11.8. The van der Waals surface area contributed by atoms with E-state index in [2.05, 4.69) is 0 Å². The molecule has 0 amide bonds. The highest BCUT2D eigenvalue weighted by Gasteiger charge is 2.16. The number of aryl methyl sites for hydroxylation is 1. The number of benzene rings is 2. The molecule has 2 aromatic rings. The van der Waals surface area contributed by atoms with Crippen LogP contribution in [0, 0.1) is 6.92 Å². The minimum atomic E-state index is -0.321. The van der Waals surface area contributed by atoms with Crippen molar-refractivity contribution in [3.8, 4) is 5.75 Å². The molecule has 0 bridgehead atoms. The maximum Gasteiger partial charge on any atom is 0.198 e. The first kappa shape index (κ1) is 12.9. The highest BCUT2D eigenvalue weighted by atomic mass is 35.5. The highest BCUT2D eigenvalue weighted by molar-refractivity contribution is 6.37. The van der Waals surface area contributed by atoms with Gasteiger partial charge in [-0.15, -0.1) is 0 Å². The lowest BCUT2D eigenvalue weighted by Gasteiger charge is -2.07. The zero-order valence-electron chi connectivity index (χ0n) is 9.58. The molecule has 0 aliphatic heterocycles. The van der Waals surface area contributed by atoms with Gasteiger partial charge in [-0.3, -0.25) is 4.79 Å². The third kappa shape index (κ3) is 2.50. The van der Waals surface area contributed by atoms with Crippen LogP contribution in [0.2, 0.25) is 10.0 Å². The van der Waals surface area contributed by atoms with Crippen LogP contribution in [0.1, 0.15) is 21.5 Å². The number of ketones is 1. The minimum Gasteiger partial charge on any atom is -0.507 e. The first-order chi connectivity index (χ1) is 8.49. The third-order valence-corrected chi connectivity index (χ3v) is 3.12. The molecule has 2 rings (SSSR count). The van der Waals surface area contributed by atoms with E-state index < -0.39 is 0 Å². The number of carbonyl (C=O) groups excluding carboxylic acids is 1. The lowest BCUT2D eigenvalue weighted by Crippen LogP contribution is -2.03. The van der Waals surface area contributed by atoms with Gasteiger partial charge in [0.25, 0.3) is 0 Å². The van der Waals surface area contributed by atoms with Crippen LogP contribution in [0.3, 0.4) is 0 Å². The Morgan fingerprint density at radius 1 is 1.06 bits per heavy atom. The lowest BCUT2D eigenvalue weighted by atomic mass is 10.0. The Hall–Kier alpha value is -1.51. The molecule has 0 radical (unpaired) electrons. The van der Waals surface area contributed by atoms with E-state index in [1.807, 2.05) is 6.92 Å². The van der Waals surface area contributed by atoms with Crippen molar-refractivity contribution in [1.29, 1.82) is 0 Å². The van der Waals surface area contributed by atoms with Crippen LogP contribution in [0.4, 0.5) is 0 Å². The second-order valence-corrected chi connectivity index (χ2v) is 4.82. The monoisotopic (exact) mass is 280 g/mol. The van der Waals surface area contributed by atoms with Gasteiger partial charge in [-0.2, -0.15) is 0 Å². The van der Waals surface area contributed by atoms with Crippen LogP contribution >= 0.6 is 23.2 Å². The smallest absolute Gasteiger partial charge is 0.198 e. The molecule has 2 aromatic carbocycles. The molecule has 0 atom stereocenters. The largest absolute Gasteiger partial charge is 0.507 e. The van der Waals surface area contributed by atoms with Crippen molar-refractivity contribution >= 4 is 29.0 Å². The molecular weight excluding hydrogens is 271 g/mol. The van der Waals surface area contributed by atoms with Crippen LogP contribution in [-0.4, -0.2) is 10.9 Å². The zero-order chi connectivity index (χ0) is 13.3. The van der Waals surface area contributed by atoms with Crippen LogP contribution in [-0.2, 0) is 0 Å². The van der Waals surface area contributed by atoms with E-state index in [1.165, 1.54) is 12.1 Å². The first-order valence-electron chi connectivity index (χ1n) is 5.28. The van der Waals surface area contributed by atoms with Crippen molar-refractivity contribution in [3.05, 3.63) is 63.1 Å². The summed E-state index contributed by atoms with van der Waals surface area (Å²) in [6, 6.07) is 9.50. The van der Waals surface area contributed by atoms with Gasteiger partial charge in [0.15, 0.2) is 5.78 Å². The van der Waals surface area contributed by atoms with Crippen LogP contribution in [0.25, 0.3) is 0 Å². The highest BCUT2D eigenvalue weighted by Crippen LogP contribution is 2.27. The number of hydrogen-bond acceptors (Lipinski definition) is 2. The van der Waals surface area contributed by atoms with Gasteiger partial charge in [-0.05, 0) is 37.3 Å². The first-order valence-corrected chi connectivity index (χ1v) is 6.04. The Labute approximate surface area is 115 Å². The van der Waals surface area contributed by atoms with E-state index in [-0.39, 0.29) is 22.1 Å². The molecule has 18 heavy (non-hydrogen) atoms. The number of phenols is 1. The fraction of sp³-hybridized carbons (Fsp3) is 0.0714. The summed E-state index contributed by atoms with van der Waals surface area (Å²) in [6.07, 6.45) is 0. The SMILES string of the molecule is Cc1ccc(O)c(C(=O)c2ccc(Cl)cc2Cl)c1.